The lowest BCUT2D eigenvalue weighted by atomic mass is 9.95. The van der Waals surface area contributed by atoms with Crippen LogP contribution in [0.25, 0.3) is 0 Å². The number of rotatable bonds is 8. The summed E-state index contributed by atoms with van der Waals surface area (Å²) < 4.78 is 5.90. The molecule has 0 aromatic carbocycles. The number of hydrogen-bond acceptors (Lipinski definition) is 3. The zero-order chi connectivity index (χ0) is 17.2. The molecule has 1 heterocycles. The molecule has 6 nitrogen and oxygen atoms in total. The molecule has 138 valence electrons. The summed E-state index contributed by atoms with van der Waals surface area (Å²) in [7, 11) is 0. The molecule has 0 radical (unpaired) electrons. The molecule has 24 heavy (non-hydrogen) atoms. The molecule has 2 rings (SSSR count). The van der Waals surface area contributed by atoms with Crippen molar-refractivity contribution in [2.24, 2.45) is 16.6 Å². The number of likely N-dealkylation sites (tertiary alicyclic amines) is 1. The van der Waals surface area contributed by atoms with E-state index >= 15 is 0 Å². The molecular formula is C18H34N4O2. The molecule has 1 amide bonds. The minimum absolute atomic E-state index is 0.201. The van der Waals surface area contributed by atoms with Gasteiger partial charge in [-0.25, -0.2) is 0 Å². The van der Waals surface area contributed by atoms with Crippen LogP contribution in [0.4, 0.5) is 0 Å². The number of amides is 1. The van der Waals surface area contributed by atoms with Crippen LogP contribution in [0.1, 0.15) is 58.3 Å². The first-order chi connectivity index (χ1) is 11.7. The SMILES string of the molecule is CCNC(=NCCCOC1CCCC1)N1CCCC(CC(N)=O)C1. The lowest BCUT2D eigenvalue weighted by molar-refractivity contribution is -0.119. The summed E-state index contributed by atoms with van der Waals surface area (Å²) in [5.41, 5.74) is 5.35. The first-order valence-electron chi connectivity index (χ1n) is 9.62. The van der Waals surface area contributed by atoms with Gasteiger partial charge in [0.1, 0.15) is 0 Å². The summed E-state index contributed by atoms with van der Waals surface area (Å²) in [4.78, 5) is 18.2. The quantitative estimate of drug-likeness (QED) is 0.402. The molecule has 2 aliphatic rings. The number of nitrogens with one attached hydrogen (secondary N) is 1. The van der Waals surface area contributed by atoms with Gasteiger partial charge in [0.25, 0.3) is 0 Å². The van der Waals surface area contributed by atoms with Crippen molar-refractivity contribution in [2.75, 3.05) is 32.8 Å². The highest BCUT2D eigenvalue weighted by Crippen LogP contribution is 2.21. The van der Waals surface area contributed by atoms with Crippen LogP contribution < -0.4 is 11.1 Å². The van der Waals surface area contributed by atoms with Gasteiger partial charge in [-0.3, -0.25) is 9.79 Å². The Labute approximate surface area is 146 Å². The molecule has 0 spiro atoms. The summed E-state index contributed by atoms with van der Waals surface area (Å²) in [6, 6.07) is 0. The normalized spacial score (nSPS) is 22.8. The molecule has 1 unspecified atom stereocenters. The van der Waals surface area contributed by atoms with Crippen molar-refractivity contribution < 1.29 is 9.53 Å². The van der Waals surface area contributed by atoms with Gasteiger partial charge in [-0.1, -0.05) is 12.8 Å². The molecule has 0 bridgehead atoms. The third-order valence-electron chi connectivity index (χ3n) is 4.86. The lowest BCUT2D eigenvalue weighted by Crippen LogP contribution is -2.47. The van der Waals surface area contributed by atoms with Crippen LogP contribution >= 0.6 is 0 Å². The van der Waals surface area contributed by atoms with Gasteiger partial charge in [0.2, 0.25) is 5.91 Å². The number of carbonyl (C=O) groups excluding carboxylic acids is 1. The van der Waals surface area contributed by atoms with Crippen LogP contribution in [-0.2, 0) is 9.53 Å². The van der Waals surface area contributed by atoms with Crippen LogP contribution in [0, 0.1) is 5.92 Å². The van der Waals surface area contributed by atoms with Gasteiger partial charge >= 0.3 is 0 Å². The van der Waals surface area contributed by atoms with E-state index in [1.54, 1.807) is 0 Å². The topological polar surface area (TPSA) is 80.0 Å². The van der Waals surface area contributed by atoms with Crippen molar-refractivity contribution in [1.29, 1.82) is 0 Å². The summed E-state index contributed by atoms with van der Waals surface area (Å²) in [5, 5.41) is 3.38. The van der Waals surface area contributed by atoms with Crippen molar-refractivity contribution in [3.63, 3.8) is 0 Å². The average molecular weight is 338 g/mol. The number of hydrogen-bond donors (Lipinski definition) is 2. The van der Waals surface area contributed by atoms with E-state index in [1.807, 2.05) is 0 Å². The Bertz CT molecular complexity index is 408. The van der Waals surface area contributed by atoms with Crippen molar-refractivity contribution in [2.45, 2.75) is 64.4 Å². The zero-order valence-corrected chi connectivity index (χ0v) is 15.1. The first kappa shape index (κ1) is 19.0. The van der Waals surface area contributed by atoms with E-state index < -0.39 is 0 Å². The summed E-state index contributed by atoms with van der Waals surface area (Å²) in [6.45, 7) is 6.40. The van der Waals surface area contributed by atoms with Gasteiger partial charge in [0.15, 0.2) is 5.96 Å². The molecule has 0 aromatic rings. The van der Waals surface area contributed by atoms with Crippen molar-refractivity contribution in [3.8, 4) is 0 Å². The molecular weight excluding hydrogens is 304 g/mol. The predicted molar refractivity (Wildman–Crippen MR) is 96.9 cm³/mol. The molecule has 1 saturated carbocycles. The number of aliphatic imine (C=N–C) groups is 1. The maximum atomic E-state index is 11.2. The molecule has 3 N–H and O–H groups in total. The first-order valence-corrected chi connectivity index (χ1v) is 9.62. The molecule has 6 heteroatoms. The molecule has 1 saturated heterocycles. The summed E-state index contributed by atoms with van der Waals surface area (Å²) >= 11 is 0. The fourth-order valence-electron chi connectivity index (χ4n) is 3.69. The monoisotopic (exact) mass is 338 g/mol. The molecule has 2 fully saturated rings. The van der Waals surface area contributed by atoms with Crippen LogP contribution in [0.3, 0.4) is 0 Å². The third kappa shape index (κ3) is 6.67. The Morgan fingerprint density at radius 3 is 2.79 bits per heavy atom. The molecule has 1 atom stereocenters. The van der Waals surface area contributed by atoms with Gasteiger partial charge in [-0.05, 0) is 44.9 Å². The Kier molecular flexibility index (Phi) is 8.36. The molecule has 1 aliphatic heterocycles. The number of primary amides is 1. The van der Waals surface area contributed by atoms with Gasteiger partial charge in [-0.2, -0.15) is 0 Å². The number of carbonyl (C=O) groups is 1. The Morgan fingerprint density at radius 2 is 2.08 bits per heavy atom. The number of ether oxygens (including phenoxy) is 1. The molecule has 1 aliphatic carbocycles. The standard InChI is InChI=1S/C18H34N4O2/c1-2-20-18(21-10-6-12-24-16-8-3-4-9-16)22-11-5-7-15(14-22)13-17(19)23/h15-16H,2-14H2,1H3,(H2,19,23)(H,20,21). The highest BCUT2D eigenvalue weighted by atomic mass is 16.5. The maximum absolute atomic E-state index is 11.2. The van der Waals surface area contributed by atoms with E-state index in [0.29, 0.717) is 18.4 Å². The smallest absolute Gasteiger partial charge is 0.217 e. The largest absolute Gasteiger partial charge is 0.378 e. The summed E-state index contributed by atoms with van der Waals surface area (Å²) in [5.74, 6) is 1.12. The van der Waals surface area contributed by atoms with Crippen LogP contribution in [-0.4, -0.2) is 55.7 Å². The Hall–Kier alpha value is -1.30. The van der Waals surface area contributed by atoms with E-state index in [0.717, 1.165) is 58.0 Å². The fourth-order valence-corrected chi connectivity index (χ4v) is 3.69. The van der Waals surface area contributed by atoms with Crippen molar-refractivity contribution >= 4 is 11.9 Å². The van der Waals surface area contributed by atoms with Crippen molar-refractivity contribution in [3.05, 3.63) is 0 Å². The number of nitrogens with zero attached hydrogens (tertiary/aromatic N) is 2. The van der Waals surface area contributed by atoms with Crippen LogP contribution in [0.2, 0.25) is 0 Å². The zero-order valence-electron chi connectivity index (χ0n) is 15.1. The average Bonchev–Trinajstić information content (AvgIpc) is 3.06. The predicted octanol–water partition coefficient (Wildman–Crippen LogP) is 1.89. The Balaban J connectivity index is 1.75. The van der Waals surface area contributed by atoms with E-state index in [9.17, 15) is 4.79 Å². The lowest BCUT2D eigenvalue weighted by Gasteiger charge is -2.34. The Morgan fingerprint density at radius 1 is 1.29 bits per heavy atom. The minimum Gasteiger partial charge on any atom is -0.378 e. The second-order valence-corrected chi connectivity index (χ2v) is 6.99. The van der Waals surface area contributed by atoms with Crippen LogP contribution in [0.15, 0.2) is 4.99 Å². The van der Waals surface area contributed by atoms with E-state index in [2.05, 4.69) is 17.1 Å². The van der Waals surface area contributed by atoms with E-state index in [1.165, 1.54) is 25.7 Å². The van der Waals surface area contributed by atoms with E-state index in [4.69, 9.17) is 15.5 Å². The maximum Gasteiger partial charge on any atom is 0.217 e. The highest BCUT2D eigenvalue weighted by molar-refractivity contribution is 5.80. The summed E-state index contributed by atoms with van der Waals surface area (Å²) in [6.07, 6.45) is 9.17. The number of nitrogens with two attached hydrogens (primary N) is 1. The van der Waals surface area contributed by atoms with Gasteiger partial charge in [0.05, 0.1) is 6.10 Å². The van der Waals surface area contributed by atoms with Gasteiger partial charge < -0.3 is 20.7 Å². The van der Waals surface area contributed by atoms with Crippen molar-refractivity contribution in [1.82, 2.24) is 10.2 Å². The highest BCUT2D eigenvalue weighted by Gasteiger charge is 2.23. The fraction of sp³-hybridized carbons (Fsp3) is 0.889. The van der Waals surface area contributed by atoms with E-state index in [-0.39, 0.29) is 5.91 Å². The second-order valence-electron chi connectivity index (χ2n) is 6.99. The number of piperidine rings is 1. The third-order valence-corrected chi connectivity index (χ3v) is 4.86. The van der Waals surface area contributed by atoms with Crippen LogP contribution in [0.5, 0.6) is 0 Å². The minimum atomic E-state index is -0.201. The molecule has 0 aromatic heterocycles. The van der Waals surface area contributed by atoms with Gasteiger partial charge in [0, 0.05) is 39.2 Å². The van der Waals surface area contributed by atoms with Gasteiger partial charge in [-0.15, -0.1) is 0 Å². The number of guanidine groups is 1. The second kappa shape index (κ2) is 10.5.